The summed E-state index contributed by atoms with van der Waals surface area (Å²) >= 11 is 0. The Morgan fingerprint density at radius 2 is 1.70 bits per heavy atom. The molecule has 0 atom stereocenters. The van der Waals surface area contributed by atoms with Crippen LogP contribution in [-0.2, 0) is 12.4 Å². The second-order valence-corrected chi connectivity index (χ2v) is 6.77. The van der Waals surface area contributed by atoms with Crippen LogP contribution in [-0.4, -0.2) is 20.9 Å². The number of halogens is 6. The van der Waals surface area contributed by atoms with Gasteiger partial charge >= 0.3 is 12.4 Å². The van der Waals surface area contributed by atoms with Gasteiger partial charge in [-0.3, -0.25) is 9.78 Å². The van der Waals surface area contributed by atoms with E-state index >= 15 is 0 Å². The Hall–Kier alpha value is -4.09. The zero-order valence-corrected chi connectivity index (χ0v) is 16.3. The molecule has 0 saturated heterocycles. The number of fused-ring (bicyclic) bond motifs is 1. The summed E-state index contributed by atoms with van der Waals surface area (Å²) in [6, 6.07) is 9.81. The summed E-state index contributed by atoms with van der Waals surface area (Å²) in [5, 5.41) is 2.42. The van der Waals surface area contributed by atoms with Crippen LogP contribution in [0.15, 0.2) is 60.9 Å². The Kier molecular flexibility index (Phi) is 5.44. The second kappa shape index (κ2) is 8.11. The van der Waals surface area contributed by atoms with Crippen LogP contribution in [0.3, 0.4) is 0 Å². The molecule has 4 aromatic rings. The summed E-state index contributed by atoms with van der Waals surface area (Å²) < 4.78 is 84.7. The van der Waals surface area contributed by atoms with Gasteiger partial charge < -0.3 is 15.0 Å². The number of alkyl halides is 6. The molecule has 0 unspecified atom stereocenters. The van der Waals surface area contributed by atoms with Crippen molar-refractivity contribution in [3.05, 3.63) is 77.9 Å². The first kappa shape index (κ1) is 22.1. The Morgan fingerprint density at radius 3 is 2.36 bits per heavy atom. The summed E-state index contributed by atoms with van der Waals surface area (Å²) in [4.78, 5) is 22.3. The molecule has 0 radical (unpaired) electrons. The number of benzene rings is 2. The molecule has 2 heterocycles. The summed E-state index contributed by atoms with van der Waals surface area (Å²) in [7, 11) is 0. The molecule has 1 amide bonds. The molecule has 0 aliphatic carbocycles. The number of anilines is 1. The molecular weight excluding hydrogens is 454 g/mol. The van der Waals surface area contributed by atoms with E-state index in [9.17, 15) is 31.1 Å². The number of rotatable bonds is 4. The summed E-state index contributed by atoms with van der Waals surface area (Å²) in [6.07, 6.45) is -7.11. The van der Waals surface area contributed by atoms with Crippen molar-refractivity contribution in [2.45, 2.75) is 12.4 Å². The number of hydrogen-bond donors (Lipinski definition) is 2. The number of H-pyrrole nitrogens is 1. The van der Waals surface area contributed by atoms with Crippen molar-refractivity contribution in [2.24, 2.45) is 0 Å². The molecule has 0 aliphatic heterocycles. The largest absolute Gasteiger partial charge is 0.456 e. The van der Waals surface area contributed by atoms with Crippen LogP contribution >= 0.6 is 0 Å². The quantitative estimate of drug-likeness (QED) is 0.360. The second-order valence-electron chi connectivity index (χ2n) is 6.77. The minimum Gasteiger partial charge on any atom is -0.456 e. The third kappa shape index (κ3) is 4.89. The van der Waals surface area contributed by atoms with Gasteiger partial charge in [-0.05, 0) is 36.4 Å². The number of ether oxygens (including phenoxy) is 1. The van der Waals surface area contributed by atoms with Crippen molar-refractivity contribution < 1.29 is 35.9 Å². The Bertz CT molecular complexity index is 1320. The van der Waals surface area contributed by atoms with Gasteiger partial charge in [-0.25, -0.2) is 4.98 Å². The fourth-order valence-corrected chi connectivity index (χ4v) is 2.98. The van der Waals surface area contributed by atoms with Crippen LogP contribution in [0.5, 0.6) is 11.5 Å². The maximum atomic E-state index is 13.3. The fourth-order valence-electron chi connectivity index (χ4n) is 2.98. The molecule has 0 bridgehead atoms. The van der Waals surface area contributed by atoms with E-state index < -0.39 is 46.2 Å². The third-order valence-electron chi connectivity index (χ3n) is 4.40. The average molecular weight is 466 g/mol. The first-order valence-electron chi connectivity index (χ1n) is 9.18. The standard InChI is InChI=1S/C21H12F6N4O2/c22-20(23,24)11-7-15(21(25,26)27)17-16(8-11)30-18(31-17)19(32)29-12-3-1-4-13(9-12)33-14-5-2-6-28-10-14/h1-10H,(H,29,32)(H,30,31). The summed E-state index contributed by atoms with van der Waals surface area (Å²) in [5.74, 6) is -0.780. The lowest BCUT2D eigenvalue weighted by Crippen LogP contribution is -2.13. The third-order valence-corrected chi connectivity index (χ3v) is 4.40. The average Bonchev–Trinajstić information content (AvgIpc) is 3.17. The highest BCUT2D eigenvalue weighted by Gasteiger charge is 2.39. The number of pyridine rings is 1. The molecule has 0 spiro atoms. The van der Waals surface area contributed by atoms with E-state index in [1.165, 1.54) is 18.3 Å². The molecular formula is C21H12F6N4O2. The van der Waals surface area contributed by atoms with E-state index in [1.807, 2.05) is 0 Å². The highest BCUT2D eigenvalue weighted by molar-refractivity contribution is 6.03. The summed E-state index contributed by atoms with van der Waals surface area (Å²) in [5.41, 5.74) is -4.27. The first-order valence-corrected chi connectivity index (χ1v) is 9.18. The first-order chi connectivity index (χ1) is 15.5. The minimum absolute atomic E-state index is 0.0376. The Balaban J connectivity index is 1.63. The molecule has 2 aromatic carbocycles. The van der Waals surface area contributed by atoms with Gasteiger partial charge in [-0.2, -0.15) is 26.3 Å². The number of hydrogen-bond acceptors (Lipinski definition) is 4. The highest BCUT2D eigenvalue weighted by atomic mass is 19.4. The molecule has 4 rings (SSSR count). The SMILES string of the molecule is O=C(Nc1cccc(Oc2cccnc2)c1)c1nc2c(C(F)(F)F)cc(C(F)(F)F)cc2[nH]1. The van der Waals surface area contributed by atoms with E-state index in [-0.39, 0.29) is 11.8 Å². The zero-order chi connectivity index (χ0) is 23.8. The lowest BCUT2D eigenvalue weighted by molar-refractivity contribution is -0.142. The molecule has 12 heteroatoms. The van der Waals surface area contributed by atoms with E-state index in [0.717, 1.165) is 0 Å². The van der Waals surface area contributed by atoms with Crippen molar-refractivity contribution in [3.8, 4) is 11.5 Å². The lowest BCUT2D eigenvalue weighted by atomic mass is 10.1. The molecule has 2 N–H and O–H groups in total. The highest BCUT2D eigenvalue weighted by Crippen LogP contribution is 2.39. The van der Waals surface area contributed by atoms with Gasteiger partial charge in [0.2, 0.25) is 0 Å². The number of carbonyl (C=O) groups is 1. The van der Waals surface area contributed by atoms with Crippen molar-refractivity contribution in [2.75, 3.05) is 5.32 Å². The molecule has 0 saturated carbocycles. The van der Waals surface area contributed by atoms with Gasteiger partial charge in [0, 0.05) is 18.0 Å². The number of nitrogens with zero attached hydrogens (tertiary/aromatic N) is 2. The fraction of sp³-hybridized carbons (Fsp3) is 0.0952. The van der Waals surface area contributed by atoms with Crippen LogP contribution in [0.2, 0.25) is 0 Å². The van der Waals surface area contributed by atoms with Gasteiger partial charge in [0.1, 0.15) is 17.0 Å². The maximum Gasteiger partial charge on any atom is 0.418 e. The number of imidazole rings is 1. The number of carbonyl (C=O) groups excluding carboxylic acids is 1. The number of aromatic nitrogens is 3. The van der Waals surface area contributed by atoms with Gasteiger partial charge in [0.15, 0.2) is 5.82 Å². The predicted molar refractivity (Wildman–Crippen MR) is 105 cm³/mol. The van der Waals surface area contributed by atoms with Crippen molar-refractivity contribution in [3.63, 3.8) is 0 Å². The normalized spacial score (nSPS) is 12.1. The molecule has 0 aliphatic rings. The molecule has 0 fully saturated rings. The molecule has 6 nitrogen and oxygen atoms in total. The van der Waals surface area contributed by atoms with Gasteiger partial charge in [-0.15, -0.1) is 0 Å². The molecule has 170 valence electrons. The lowest BCUT2D eigenvalue weighted by Gasteiger charge is -2.11. The van der Waals surface area contributed by atoms with E-state index in [4.69, 9.17) is 4.74 Å². The van der Waals surface area contributed by atoms with E-state index in [2.05, 4.69) is 20.3 Å². The van der Waals surface area contributed by atoms with Crippen molar-refractivity contribution >= 4 is 22.6 Å². The van der Waals surface area contributed by atoms with Crippen LogP contribution < -0.4 is 10.1 Å². The van der Waals surface area contributed by atoms with Crippen LogP contribution in [0, 0.1) is 0 Å². The van der Waals surface area contributed by atoms with Crippen LogP contribution in [0.1, 0.15) is 21.7 Å². The van der Waals surface area contributed by atoms with Crippen molar-refractivity contribution in [1.82, 2.24) is 15.0 Å². The maximum absolute atomic E-state index is 13.3. The van der Waals surface area contributed by atoms with E-state index in [0.29, 0.717) is 17.6 Å². The smallest absolute Gasteiger partial charge is 0.418 e. The zero-order valence-electron chi connectivity index (χ0n) is 16.3. The van der Waals surface area contributed by atoms with Crippen LogP contribution in [0.25, 0.3) is 11.0 Å². The van der Waals surface area contributed by atoms with Crippen molar-refractivity contribution in [1.29, 1.82) is 0 Å². The van der Waals surface area contributed by atoms with Gasteiger partial charge in [0.25, 0.3) is 5.91 Å². The number of nitrogens with one attached hydrogen (secondary N) is 2. The number of amides is 1. The number of aromatic amines is 1. The van der Waals surface area contributed by atoms with Crippen LogP contribution in [0.4, 0.5) is 32.0 Å². The molecule has 33 heavy (non-hydrogen) atoms. The summed E-state index contributed by atoms with van der Waals surface area (Å²) in [6.45, 7) is 0. The van der Waals surface area contributed by atoms with E-state index in [1.54, 1.807) is 30.5 Å². The Morgan fingerprint density at radius 1 is 0.939 bits per heavy atom. The van der Waals surface area contributed by atoms with Gasteiger partial charge in [0.05, 0.1) is 22.8 Å². The minimum atomic E-state index is -5.11. The van der Waals surface area contributed by atoms with Gasteiger partial charge in [-0.1, -0.05) is 6.07 Å². The molecule has 2 aromatic heterocycles. The monoisotopic (exact) mass is 466 g/mol. The predicted octanol–water partition coefficient (Wildman–Crippen LogP) is 6.04. The Labute approximate surface area is 181 Å². The topological polar surface area (TPSA) is 79.9 Å².